The predicted octanol–water partition coefficient (Wildman–Crippen LogP) is 8.20. The number of ketones is 2. The van der Waals surface area contributed by atoms with Gasteiger partial charge in [-0.1, -0.05) is 52.4 Å². The van der Waals surface area contributed by atoms with Crippen LogP contribution in [0.3, 0.4) is 0 Å². The second-order valence-corrected chi connectivity index (χ2v) is 12.5. The Morgan fingerprint density at radius 3 is 1.56 bits per heavy atom. The van der Waals surface area contributed by atoms with Gasteiger partial charge in [0.05, 0.1) is 29.1 Å². The zero-order valence-corrected chi connectivity index (χ0v) is 31.9. The summed E-state index contributed by atoms with van der Waals surface area (Å²) >= 11 is 5.58. The number of amides is 2. The van der Waals surface area contributed by atoms with Crippen LogP contribution in [0.2, 0.25) is 0 Å². The summed E-state index contributed by atoms with van der Waals surface area (Å²) in [5.41, 5.74) is 0.726. The van der Waals surface area contributed by atoms with E-state index in [2.05, 4.69) is 27.5 Å². The smallest absolute Gasteiger partial charge is 0.253 e. The molecule has 0 bridgehead atoms. The topological polar surface area (TPSA) is 148 Å². The number of nitrogens with zero attached hydrogens (tertiary/aromatic N) is 2. The lowest BCUT2D eigenvalue weighted by Crippen LogP contribution is -2.43. The van der Waals surface area contributed by atoms with E-state index in [0.29, 0.717) is 49.1 Å². The van der Waals surface area contributed by atoms with Crippen LogP contribution in [-0.4, -0.2) is 63.0 Å². The Morgan fingerprint density at radius 2 is 1.12 bits per heavy atom. The maximum atomic E-state index is 13.7. The van der Waals surface area contributed by atoms with E-state index in [1.807, 2.05) is 6.92 Å². The lowest BCUT2D eigenvalue weighted by molar-refractivity contribution is -0.123. The minimum Gasteiger partial charge on any atom is -0.503 e. The highest BCUT2D eigenvalue weighted by molar-refractivity contribution is 6.28. The molecule has 0 aliphatic heterocycles. The quantitative estimate of drug-likeness (QED) is 0.0394. The van der Waals surface area contributed by atoms with E-state index in [0.717, 1.165) is 32.1 Å². The first kappa shape index (κ1) is 47.6. The molecular formula is C40H43ClF6N4O6. The van der Waals surface area contributed by atoms with Crippen molar-refractivity contribution in [1.82, 2.24) is 20.6 Å². The van der Waals surface area contributed by atoms with Crippen molar-refractivity contribution in [1.29, 1.82) is 0 Å². The van der Waals surface area contributed by atoms with Crippen molar-refractivity contribution in [3.05, 3.63) is 119 Å². The molecule has 0 aliphatic carbocycles. The number of aromatic hydroxyl groups is 1. The summed E-state index contributed by atoms with van der Waals surface area (Å²) in [5.74, 6) is -11.7. The number of Topliss-reactive ketones (excluding diaryl/α,β-unsaturated/α-hetero) is 2. The van der Waals surface area contributed by atoms with Crippen LogP contribution < -0.4 is 15.4 Å². The first-order valence-electron chi connectivity index (χ1n) is 17.9. The van der Waals surface area contributed by atoms with Gasteiger partial charge in [0.1, 0.15) is 6.61 Å². The molecule has 0 radical (unpaired) electrons. The van der Waals surface area contributed by atoms with E-state index < -0.39 is 76.8 Å². The number of benzene rings is 2. The Labute approximate surface area is 331 Å². The van der Waals surface area contributed by atoms with Crippen LogP contribution in [0.4, 0.5) is 26.3 Å². The minimum atomic E-state index is -1.56. The zero-order chi connectivity index (χ0) is 42.3. The molecule has 0 unspecified atom stereocenters. The molecule has 0 spiro atoms. The van der Waals surface area contributed by atoms with E-state index >= 15 is 0 Å². The van der Waals surface area contributed by atoms with Gasteiger partial charge in [-0.15, -0.1) is 11.6 Å². The monoisotopic (exact) mass is 824 g/mol. The van der Waals surface area contributed by atoms with Gasteiger partial charge >= 0.3 is 0 Å². The van der Waals surface area contributed by atoms with Gasteiger partial charge in [-0.2, -0.15) is 8.78 Å². The molecule has 0 aliphatic rings. The van der Waals surface area contributed by atoms with Gasteiger partial charge in [-0.3, -0.25) is 29.1 Å². The van der Waals surface area contributed by atoms with Crippen molar-refractivity contribution in [3.63, 3.8) is 0 Å². The number of hydrogen-bond donors (Lipinski definition) is 3. The number of nitrogens with one attached hydrogen (secondary N) is 2. The van der Waals surface area contributed by atoms with Crippen LogP contribution in [-0.2, 0) is 9.59 Å². The van der Waals surface area contributed by atoms with Crippen LogP contribution in [0, 0.1) is 34.9 Å². The number of aromatic nitrogens is 2. The SMILES string of the molecule is CCCCC[C@H](NC(=O)c1cccnc1)C(=O)CCl.CCCCC[C@H](NC(=O)c1cccnc1)C(=O)COc1c(F)ccc(F)c1F.Oc1c(F)ccc(F)c1F. The van der Waals surface area contributed by atoms with E-state index in [1.165, 1.54) is 18.6 Å². The Kier molecular flexibility index (Phi) is 21.4. The van der Waals surface area contributed by atoms with Crippen molar-refractivity contribution < 1.29 is 55.4 Å². The highest BCUT2D eigenvalue weighted by atomic mass is 35.5. The van der Waals surface area contributed by atoms with Gasteiger partial charge in [-0.25, -0.2) is 17.6 Å². The van der Waals surface area contributed by atoms with E-state index in [-0.39, 0.29) is 23.1 Å². The van der Waals surface area contributed by atoms with Crippen LogP contribution in [0.25, 0.3) is 0 Å². The summed E-state index contributed by atoms with van der Waals surface area (Å²) in [5, 5.41) is 13.7. The molecule has 4 aromatic rings. The van der Waals surface area contributed by atoms with Gasteiger partial charge in [-0.05, 0) is 61.4 Å². The normalized spacial score (nSPS) is 11.5. The number of phenols is 1. The second kappa shape index (κ2) is 25.6. The fourth-order valence-electron chi connectivity index (χ4n) is 4.80. The lowest BCUT2D eigenvalue weighted by atomic mass is 10.0. The van der Waals surface area contributed by atoms with Crippen molar-refractivity contribution in [2.24, 2.45) is 0 Å². The molecule has 2 aromatic carbocycles. The van der Waals surface area contributed by atoms with Crippen LogP contribution >= 0.6 is 11.6 Å². The average Bonchev–Trinajstić information content (AvgIpc) is 3.22. The molecule has 10 nitrogen and oxygen atoms in total. The number of carbonyl (C=O) groups excluding carboxylic acids is 4. The molecule has 308 valence electrons. The lowest BCUT2D eigenvalue weighted by Gasteiger charge is -2.18. The van der Waals surface area contributed by atoms with Crippen molar-refractivity contribution >= 4 is 35.0 Å². The standard InChI is InChI=1S/C20H21F3N2O3.C14H19ClN2O2.C6H3F3O/c1-2-3-4-7-16(25-20(27)13-6-5-10-24-11-13)17(26)12-28-19-15(22)9-8-14(21)18(19)23;1-2-3-4-7-12(13(18)9-15)17-14(19)11-6-5-8-16-10-11;7-3-1-2-4(8)6(10)5(3)9/h5-6,8-11,16H,2-4,7,12H2,1H3,(H,25,27);5-6,8,10,12H,2-4,7,9H2,1H3,(H,17,19);1-2,10H/t16-;12-;/m00./s1. The summed E-state index contributed by atoms with van der Waals surface area (Å²) in [6, 6.07) is 7.66. The number of halogens is 7. The van der Waals surface area contributed by atoms with Gasteiger partial charge < -0.3 is 20.5 Å². The highest BCUT2D eigenvalue weighted by Crippen LogP contribution is 2.24. The summed E-state index contributed by atoms with van der Waals surface area (Å²) in [6.45, 7) is 3.37. The maximum absolute atomic E-state index is 13.7. The van der Waals surface area contributed by atoms with E-state index in [4.69, 9.17) is 21.4 Å². The number of carbonyl (C=O) groups is 4. The highest BCUT2D eigenvalue weighted by Gasteiger charge is 2.24. The van der Waals surface area contributed by atoms with E-state index in [1.54, 1.807) is 30.5 Å². The molecule has 0 fully saturated rings. The Balaban J connectivity index is 0.000000331. The summed E-state index contributed by atoms with van der Waals surface area (Å²) < 4.78 is 81.7. The first-order chi connectivity index (χ1) is 27.2. The molecule has 2 amide bonds. The number of rotatable bonds is 18. The largest absolute Gasteiger partial charge is 0.503 e. The zero-order valence-electron chi connectivity index (χ0n) is 31.2. The van der Waals surface area contributed by atoms with Crippen molar-refractivity contribution in [2.45, 2.75) is 77.3 Å². The first-order valence-corrected chi connectivity index (χ1v) is 18.4. The molecule has 57 heavy (non-hydrogen) atoms. The molecule has 2 atom stereocenters. The number of alkyl halides is 1. The second-order valence-electron chi connectivity index (χ2n) is 12.2. The average molecular weight is 825 g/mol. The molecule has 0 saturated carbocycles. The third-order valence-corrected chi connectivity index (χ3v) is 8.20. The van der Waals surface area contributed by atoms with Gasteiger partial charge in [0.15, 0.2) is 46.3 Å². The Bertz CT molecular complexity index is 1870. The van der Waals surface area contributed by atoms with Gasteiger partial charge in [0.25, 0.3) is 11.8 Å². The number of phenolic OH excluding ortho intramolecular Hbond substituents is 1. The fraction of sp³-hybridized carbons (Fsp3) is 0.350. The molecule has 17 heteroatoms. The van der Waals surface area contributed by atoms with Crippen LogP contribution in [0.5, 0.6) is 11.5 Å². The Morgan fingerprint density at radius 1 is 0.667 bits per heavy atom. The third kappa shape index (κ3) is 16.2. The maximum Gasteiger partial charge on any atom is 0.253 e. The summed E-state index contributed by atoms with van der Waals surface area (Å²) in [4.78, 5) is 56.2. The van der Waals surface area contributed by atoms with Gasteiger partial charge in [0.2, 0.25) is 11.6 Å². The number of ether oxygens (including phenoxy) is 1. The van der Waals surface area contributed by atoms with Gasteiger partial charge in [0, 0.05) is 24.8 Å². The Hall–Kier alpha value is -5.51. The fourth-order valence-corrected chi connectivity index (χ4v) is 4.98. The van der Waals surface area contributed by atoms with E-state index in [9.17, 15) is 45.5 Å². The van der Waals surface area contributed by atoms with Crippen molar-refractivity contribution in [2.75, 3.05) is 12.5 Å². The molecule has 0 saturated heterocycles. The number of unbranched alkanes of at least 4 members (excludes halogenated alkanes) is 4. The third-order valence-electron chi connectivity index (χ3n) is 7.94. The summed E-state index contributed by atoms with van der Waals surface area (Å²) in [7, 11) is 0. The predicted molar refractivity (Wildman–Crippen MR) is 200 cm³/mol. The number of hydrogen-bond acceptors (Lipinski definition) is 8. The van der Waals surface area contributed by atoms with Crippen molar-refractivity contribution in [3.8, 4) is 11.5 Å². The molecule has 3 N–H and O–H groups in total. The molecule has 4 rings (SSSR count). The molecule has 2 aromatic heterocycles. The van der Waals surface area contributed by atoms with Crippen LogP contribution in [0.1, 0.15) is 85.9 Å². The number of pyridine rings is 2. The van der Waals surface area contributed by atoms with Crippen LogP contribution in [0.15, 0.2) is 73.3 Å². The molecular weight excluding hydrogens is 782 g/mol. The molecule has 2 heterocycles. The summed E-state index contributed by atoms with van der Waals surface area (Å²) in [6.07, 6.45) is 12.3. The minimum absolute atomic E-state index is 0.0793.